The van der Waals surface area contributed by atoms with E-state index >= 15 is 0 Å². The van der Waals surface area contributed by atoms with E-state index in [0.717, 1.165) is 0 Å². The molecule has 0 unspecified atom stereocenters. The molecule has 0 spiro atoms. The fourth-order valence-corrected chi connectivity index (χ4v) is 1.31. The minimum absolute atomic E-state index is 0.157. The third-order valence-corrected chi connectivity index (χ3v) is 2.06. The first-order chi connectivity index (χ1) is 7.22. The summed E-state index contributed by atoms with van der Waals surface area (Å²) in [6.45, 7) is 0. The predicted octanol–water partition coefficient (Wildman–Crippen LogP) is 1.88. The highest BCUT2D eigenvalue weighted by Crippen LogP contribution is 2.16. The lowest BCUT2D eigenvalue weighted by Gasteiger charge is -2.00. The van der Waals surface area contributed by atoms with E-state index in [9.17, 15) is 4.79 Å². The zero-order valence-corrected chi connectivity index (χ0v) is 7.95. The van der Waals surface area contributed by atoms with E-state index in [2.05, 4.69) is 15.0 Å². The van der Waals surface area contributed by atoms with Gasteiger partial charge in [-0.3, -0.25) is 4.79 Å². The van der Waals surface area contributed by atoms with Gasteiger partial charge in [-0.1, -0.05) is 11.2 Å². The third-order valence-electron chi connectivity index (χ3n) is 2.06. The summed E-state index contributed by atoms with van der Waals surface area (Å²) in [5.74, 6) is 0. The third kappa shape index (κ3) is 1.53. The normalized spacial score (nSPS) is 9.93. The van der Waals surface area contributed by atoms with Crippen molar-refractivity contribution < 1.29 is 0 Å². The fraction of sp³-hybridized carbons (Fsp3) is 0.111. The van der Waals surface area contributed by atoms with E-state index in [1.54, 1.807) is 19.2 Å². The Balaban J connectivity index is 2.85. The van der Waals surface area contributed by atoms with Gasteiger partial charge in [0.25, 0.3) is 5.56 Å². The summed E-state index contributed by atoms with van der Waals surface area (Å²) in [7, 11) is 1.62. The number of hydrogen-bond donors (Lipinski definition) is 0. The quantitative estimate of drug-likeness (QED) is 0.400. The Labute approximate surface area is 84.4 Å². The zero-order valence-electron chi connectivity index (χ0n) is 7.95. The van der Waals surface area contributed by atoms with Crippen molar-refractivity contribution >= 4 is 16.6 Å². The van der Waals surface area contributed by atoms with Crippen LogP contribution in [0.2, 0.25) is 0 Å². The number of aromatic nitrogens is 2. The average molecular weight is 201 g/mol. The lowest BCUT2D eigenvalue weighted by molar-refractivity contribution is 0.843. The molecule has 6 heteroatoms. The van der Waals surface area contributed by atoms with Crippen LogP contribution in [-0.2, 0) is 7.05 Å². The summed E-state index contributed by atoms with van der Waals surface area (Å²) in [5, 5.41) is 3.88. The minimum atomic E-state index is -0.157. The Morgan fingerprint density at radius 3 is 3.07 bits per heavy atom. The highest BCUT2D eigenvalue weighted by Gasteiger charge is 2.01. The average Bonchev–Trinajstić information content (AvgIpc) is 2.25. The topological polar surface area (TPSA) is 83.7 Å². The Bertz CT molecular complexity index is 624. The molecule has 1 aromatic heterocycles. The number of fused-ring (bicyclic) bond motifs is 1. The molecule has 0 saturated heterocycles. The van der Waals surface area contributed by atoms with Crippen molar-refractivity contribution in [2.75, 3.05) is 0 Å². The molecule has 6 nitrogen and oxygen atoms in total. The van der Waals surface area contributed by atoms with Gasteiger partial charge in [-0.25, -0.2) is 4.98 Å². The molecule has 1 heterocycles. The van der Waals surface area contributed by atoms with Crippen LogP contribution in [0.15, 0.2) is 34.4 Å². The minimum Gasteiger partial charge on any atom is -0.302 e. The van der Waals surface area contributed by atoms with Crippen LogP contribution >= 0.6 is 0 Å². The van der Waals surface area contributed by atoms with Crippen molar-refractivity contribution in [1.29, 1.82) is 0 Å². The molecule has 0 aliphatic heterocycles. The molecule has 0 amide bonds. The van der Waals surface area contributed by atoms with Crippen LogP contribution in [0.1, 0.15) is 0 Å². The van der Waals surface area contributed by atoms with Gasteiger partial charge in [0.15, 0.2) is 0 Å². The molecule has 1 aromatic carbocycles. The lowest BCUT2D eigenvalue weighted by Crippen LogP contribution is -2.16. The van der Waals surface area contributed by atoms with Crippen LogP contribution in [-0.4, -0.2) is 9.55 Å². The van der Waals surface area contributed by atoms with E-state index in [0.29, 0.717) is 16.6 Å². The van der Waals surface area contributed by atoms with Gasteiger partial charge in [0, 0.05) is 17.6 Å². The molecule has 0 bridgehead atoms. The Morgan fingerprint density at radius 1 is 1.53 bits per heavy atom. The number of azide groups is 1. The van der Waals surface area contributed by atoms with E-state index < -0.39 is 0 Å². The van der Waals surface area contributed by atoms with Gasteiger partial charge in [-0.2, -0.15) is 0 Å². The molecule has 0 saturated carbocycles. The predicted molar refractivity (Wildman–Crippen MR) is 55.8 cm³/mol. The van der Waals surface area contributed by atoms with Crippen LogP contribution in [0.4, 0.5) is 5.69 Å². The first kappa shape index (κ1) is 9.23. The number of rotatable bonds is 1. The molecular weight excluding hydrogens is 194 g/mol. The fourth-order valence-electron chi connectivity index (χ4n) is 1.31. The molecule has 2 rings (SSSR count). The summed E-state index contributed by atoms with van der Waals surface area (Å²) in [6.07, 6.45) is 1.46. The standard InChI is InChI=1S/C9H7N5O/c1-14-5-11-8-3-2-6(12-13-10)4-7(8)9(14)15/h2-5H,1H3. The summed E-state index contributed by atoms with van der Waals surface area (Å²) in [5.41, 5.74) is 9.12. The number of nitrogens with zero attached hydrogens (tertiary/aromatic N) is 5. The van der Waals surface area contributed by atoms with Gasteiger partial charge in [-0.05, 0) is 17.7 Å². The van der Waals surface area contributed by atoms with E-state index in [1.165, 1.54) is 17.0 Å². The first-order valence-electron chi connectivity index (χ1n) is 4.23. The molecule has 74 valence electrons. The Kier molecular flexibility index (Phi) is 2.11. The van der Waals surface area contributed by atoms with Crippen LogP contribution in [0, 0.1) is 0 Å². The molecule has 0 atom stereocenters. The maximum Gasteiger partial charge on any atom is 0.260 e. The maximum absolute atomic E-state index is 11.7. The molecule has 0 radical (unpaired) electrons. The largest absolute Gasteiger partial charge is 0.302 e. The van der Waals surface area contributed by atoms with Gasteiger partial charge in [0.2, 0.25) is 0 Å². The molecule has 0 aliphatic rings. The second-order valence-electron chi connectivity index (χ2n) is 3.05. The highest BCUT2D eigenvalue weighted by molar-refractivity contribution is 5.80. The van der Waals surface area contributed by atoms with Crippen LogP contribution in [0.5, 0.6) is 0 Å². The molecule has 2 aromatic rings. The number of hydrogen-bond acceptors (Lipinski definition) is 3. The SMILES string of the molecule is Cn1cnc2ccc(N=[N+]=[N-])cc2c1=O. The van der Waals surface area contributed by atoms with E-state index in [4.69, 9.17) is 5.53 Å². The molecule has 0 fully saturated rings. The summed E-state index contributed by atoms with van der Waals surface area (Å²) >= 11 is 0. The van der Waals surface area contributed by atoms with Crippen LogP contribution in [0.3, 0.4) is 0 Å². The molecule has 15 heavy (non-hydrogen) atoms. The Hall–Kier alpha value is -2.33. The van der Waals surface area contributed by atoms with Crippen molar-refractivity contribution in [3.05, 3.63) is 45.3 Å². The van der Waals surface area contributed by atoms with Crippen molar-refractivity contribution in [3.8, 4) is 0 Å². The lowest BCUT2D eigenvalue weighted by atomic mass is 10.2. The molecule has 0 N–H and O–H groups in total. The van der Waals surface area contributed by atoms with Crippen LogP contribution in [0.25, 0.3) is 21.3 Å². The molecular formula is C9H7N5O. The smallest absolute Gasteiger partial charge is 0.260 e. The second kappa shape index (κ2) is 3.43. The van der Waals surface area contributed by atoms with Gasteiger partial charge in [0.1, 0.15) is 0 Å². The van der Waals surface area contributed by atoms with Crippen molar-refractivity contribution in [2.45, 2.75) is 0 Å². The van der Waals surface area contributed by atoms with Gasteiger partial charge in [0.05, 0.1) is 17.2 Å². The van der Waals surface area contributed by atoms with Crippen molar-refractivity contribution in [1.82, 2.24) is 9.55 Å². The van der Waals surface area contributed by atoms with Crippen LogP contribution < -0.4 is 5.56 Å². The zero-order chi connectivity index (χ0) is 10.8. The van der Waals surface area contributed by atoms with Crippen molar-refractivity contribution in [3.63, 3.8) is 0 Å². The van der Waals surface area contributed by atoms with Gasteiger partial charge < -0.3 is 4.57 Å². The highest BCUT2D eigenvalue weighted by atomic mass is 16.1. The number of benzene rings is 1. The summed E-state index contributed by atoms with van der Waals surface area (Å²) in [6, 6.07) is 4.81. The van der Waals surface area contributed by atoms with Crippen molar-refractivity contribution in [2.24, 2.45) is 12.2 Å². The maximum atomic E-state index is 11.7. The van der Waals surface area contributed by atoms with Gasteiger partial charge >= 0.3 is 0 Å². The summed E-state index contributed by atoms with van der Waals surface area (Å²) in [4.78, 5) is 18.4. The monoisotopic (exact) mass is 201 g/mol. The summed E-state index contributed by atoms with van der Waals surface area (Å²) < 4.78 is 1.38. The first-order valence-corrected chi connectivity index (χ1v) is 4.23. The second-order valence-corrected chi connectivity index (χ2v) is 3.05. The Morgan fingerprint density at radius 2 is 2.33 bits per heavy atom. The number of aryl methyl sites for hydroxylation is 1. The van der Waals surface area contributed by atoms with Gasteiger partial charge in [-0.15, -0.1) is 0 Å². The van der Waals surface area contributed by atoms with E-state index in [-0.39, 0.29) is 5.56 Å². The van der Waals surface area contributed by atoms with E-state index in [1.807, 2.05) is 0 Å². The molecule has 0 aliphatic carbocycles.